The van der Waals surface area contributed by atoms with Crippen LogP contribution in [0.1, 0.15) is 26.2 Å². The molecule has 3 rings (SSSR count). The summed E-state index contributed by atoms with van der Waals surface area (Å²) >= 11 is 0. The van der Waals surface area contributed by atoms with Crippen LogP contribution in [0, 0.1) is 0 Å². The SMILES string of the molecule is CCNC(=NCC(=O)N1CCCC1)N1CCC(N2CCOCC2)C1. The van der Waals surface area contributed by atoms with Crippen molar-refractivity contribution in [1.29, 1.82) is 0 Å². The van der Waals surface area contributed by atoms with E-state index in [1.807, 2.05) is 4.90 Å². The molecule has 0 saturated carbocycles. The predicted octanol–water partition coefficient (Wildman–Crippen LogP) is -0.0192. The number of nitrogens with zero attached hydrogens (tertiary/aromatic N) is 4. The van der Waals surface area contributed by atoms with Crippen molar-refractivity contribution in [2.75, 3.05) is 65.6 Å². The maximum Gasteiger partial charge on any atom is 0.244 e. The fraction of sp³-hybridized carbons (Fsp3) is 0.882. The number of carbonyl (C=O) groups excluding carboxylic acids is 1. The van der Waals surface area contributed by atoms with E-state index in [0.29, 0.717) is 6.04 Å². The van der Waals surface area contributed by atoms with Gasteiger partial charge in [0.1, 0.15) is 6.54 Å². The Kier molecular flexibility index (Phi) is 6.31. The molecule has 7 nitrogen and oxygen atoms in total. The summed E-state index contributed by atoms with van der Waals surface area (Å²) < 4.78 is 5.45. The normalized spacial score (nSPS) is 26.2. The molecule has 1 N–H and O–H groups in total. The molecule has 1 unspecified atom stereocenters. The highest BCUT2D eigenvalue weighted by Gasteiger charge is 2.30. The van der Waals surface area contributed by atoms with Gasteiger partial charge in [0, 0.05) is 51.9 Å². The van der Waals surface area contributed by atoms with Crippen LogP contribution in [-0.4, -0.2) is 98.2 Å². The Morgan fingerprint density at radius 1 is 1.12 bits per heavy atom. The first-order chi connectivity index (χ1) is 11.8. The van der Waals surface area contributed by atoms with E-state index >= 15 is 0 Å². The predicted molar refractivity (Wildman–Crippen MR) is 94.2 cm³/mol. The van der Waals surface area contributed by atoms with Gasteiger partial charge in [0.2, 0.25) is 5.91 Å². The summed E-state index contributed by atoms with van der Waals surface area (Å²) in [6, 6.07) is 0.576. The van der Waals surface area contributed by atoms with Crippen molar-refractivity contribution in [3.05, 3.63) is 0 Å². The second kappa shape index (κ2) is 8.67. The summed E-state index contributed by atoms with van der Waals surface area (Å²) in [7, 11) is 0. The average molecular weight is 337 g/mol. The first kappa shape index (κ1) is 17.5. The molecule has 3 saturated heterocycles. The molecule has 0 aliphatic carbocycles. The van der Waals surface area contributed by atoms with Gasteiger partial charge >= 0.3 is 0 Å². The lowest BCUT2D eigenvalue weighted by molar-refractivity contribution is -0.128. The summed E-state index contributed by atoms with van der Waals surface area (Å²) in [5.74, 6) is 1.05. The molecule has 0 spiro atoms. The highest BCUT2D eigenvalue weighted by molar-refractivity contribution is 5.85. The van der Waals surface area contributed by atoms with E-state index in [4.69, 9.17) is 4.74 Å². The number of hydrogen-bond acceptors (Lipinski definition) is 4. The third-order valence-electron chi connectivity index (χ3n) is 5.18. The van der Waals surface area contributed by atoms with Crippen LogP contribution in [0.2, 0.25) is 0 Å². The molecule has 0 aromatic rings. The minimum absolute atomic E-state index is 0.159. The molecular formula is C17H31N5O2. The number of carbonyl (C=O) groups is 1. The van der Waals surface area contributed by atoms with Crippen molar-refractivity contribution in [2.24, 2.45) is 4.99 Å². The number of hydrogen-bond donors (Lipinski definition) is 1. The van der Waals surface area contributed by atoms with Crippen molar-refractivity contribution in [3.63, 3.8) is 0 Å². The summed E-state index contributed by atoms with van der Waals surface area (Å²) in [4.78, 5) is 23.6. The first-order valence-corrected chi connectivity index (χ1v) is 9.40. The molecule has 0 radical (unpaired) electrons. The minimum atomic E-state index is 0.159. The minimum Gasteiger partial charge on any atom is -0.379 e. The van der Waals surface area contributed by atoms with Gasteiger partial charge in [-0.1, -0.05) is 0 Å². The van der Waals surface area contributed by atoms with Gasteiger partial charge < -0.3 is 19.9 Å². The van der Waals surface area contributed by atoms with Gasteiger partial charge in [0.05, 0.1) is 13.2 Å². The number of likely N-dealkylation sites (tertiary alicyclic amines) is 2. The van der Waals surface area contributed by atoms with Gasteiger partial charge in [0.15, 0.2) is 5.96 Å². The maximum atomic E-state index is 12.2. The van der Waals surface area contributed by atoms with Crippen LogP contribution in [0.5, 0.6) is 0 Å². The highest BCUT2D eigenvalue weighted by Crippen LogP contribution is 2.17. The summed E-state index contributed by atoms with van der Waals surface area (Å²) in [5, 5.41) is 3.36. The summed E-state index contributed by atoms with van der Waals surface area (Å²) in [6.45, 7) is 10.7. The quantitative estimate of drug-likeness (QED) is 0.577. The molecule has 3 fully saturated rings. The maximum absolute atomic E-state index is 12.2. The van der Waals surface area contributed by atoms with E-state index in [2.05, 4.69) is 27.0 Å². The molecule has 24 heavy (non-hydrogen) atoms. The van der Waals surface area contributed by atoms with Crippen LogP contribution in [0.3, 0.4) is 0 Å². The van der Waals surface area contributed by atoms with Gasteiger partial charge in [-0.2, -0.15) is 0 Å². The standard InChI is InChI=1S/C17H31N5O2/c1-2-18-17(19-13-16(23)21-6-3-4-7-21)22-8-5-15(14-22)20-9-11-24-12-10-20/h15H,2-14H2,1H3,(H,18,19). The molecule has 0 bridgehead atoms. The number of rotatable bonds is 4. The topological polar surface area (TPSA) is 60.4 Å². The second-order valence-electron chi connectivity index (χ2n) is 6.79. The van der Waals surface area contributed by atoms with Gasteiger partial charge in [0.25, 0.3) is 0 Å². The van der Waals surface area contributed by atoms with Crippen LogP contribution in [0.15, 0.2) is 4.99 Å². The second-order valence-corrected chi connectivity index (χ2v) is 6.79. The number of ether oxygens (including phenoxy) is 1. The molecule has 7 heteroatoms. The smallest absolute Gasteiger partial charge is 0.244 e. The lowest BCUT2D eigenvalue weighted by Crippen LogP contribution is -2.47. The van der Waals surface area contributed by atoms with Crippen molar-refractivity contribution < 1.29 is 9.53 Å². The van der Waals surface area contributed by atoms with Gasteiger partial charge in [-0.05, 0) is 26.2 Å². The zero-order chi connectivity index (χ0) is 16.8. The summed E-state index contributed by atoms with van der Waals surface area (Å²) in [5.41, 5.74) is 0. The Morgan fingerprint density at radius 3 is 2.58 bits per heavy atom. The Morgan fingerprint density at radius 2 is 1.88 bits per heavy atom. The van der Waals surface area contributed by atoms with E-state index in [1.54, 1.807) is 0 Å². The van der Waals surface area contributed by atoms with E-state index in [1.165, 1.54) is 0 Å². The van der Waals surface area contributed by atoms with E-state index < -0.39 is 0 Å². The van der Waals surface area contributed by atoms with Crippen molar-refractivity contribution in [3.8, 4) is 0 Å². The van der Waals surface area contributed by atoms with E-state index in [0.717, 1.165) is 84.2 Å². The third kappa shape index (κ3) is 4.39. The van der Waals surface area contributed by atoms with Crippen LogP contribution in [0.25, 0.3) is 0 Å². The fourth-order valence-electron chi connectivity index (χ4n) is 3.81. The van der Waals surface area contributed by atoms with Crippen LogP contribution >= 0.6 is 0 Å². The molecule has 3 aliphatic rings. The van der Waals surface area contributed by atoms with E-state index in [-0.39, 0.29) is 12.5 Å². The largest absolute Gasteiger partial charge is 0.379 e. The van der Waals surface area contributed by atoms with Crippen LogP contribution < -0.4 is 5.32 Å². The monoisotopic (exact) mass is 337 g/mol. The Hall–Kier alpha value is -1.34. The van der Waals surface area contributed by atoms with Crippen LogP contribution in [-0.2, 0) is 9.53 Å². The molecule has 3 aliphatic heterocycles. The molecule has 136 valence electrons. The first-order valence-electron chi connectivity index (χ1n) is 9.40. The van der Waals surface area contributed by atoms with E-state index in [9.17, 15) is 4.79 Å². The third-order valence-corrected chi connectivity index (χ3v) is 5.18. The van der Waals surface area contributed by atoms with Gasteiger partial charge in [-0.3, -0.25) is 9.69 Å². The Labute approximate surface area is 145 Å². The number of nitrogens with one attached hydrogen (secondary N) is 1. The van der Waals surface area contributed by atoms with Crippen molar-refractivity contribution in [2.45, 2.75) is 32.2 Å². The summed E-state index contributed by atoms with van der Waals surface area (Å²) in [6.07, 6.45) is 3.41. The molecule has 0 aromatic heterocycles. The number of morpholine rings is 1. The molecule has 1 amide bonds. The number of aliphatic imine (C=N–C) groups is 1. The van der Waals surface area contributed by atoms with Crippen LogP contribution in [0.4, 0.5) is 0 Å². The van der Waals surface area contributed by atoms with Crippen molar-refractivity contribution >= 4 is 11.9 Å². The molecule has 1 atom stereocenters. The fourth-order valence-corrected chi connectivity index (χ4v) is 3.81. The molecule has 0 aromatic carbocycles. The highest BCUT2D eigenvalue weighted by atomic mass is 16.5. The molecular weight excluding hydrogens is 306 g/mol. The van der Waals surface area contributed by atoms with Crippen molar-refractivity contribution in [1.82, 2.24) is 20.0 Å². The number of amides is 1. The van der Waals surface area contributed by atoms with Gasteiger partial charge in [-0.15, -0.1) is 0 Å². The lowest BCUT2D eigenvalue weighted by atomic mass is 10.2. The molecule has 3 heterocycles. The Bertz CT molecular complexity index is 444. The Balaban J connectivity index is 1.54. The van der Waals surface area contributed by atoms with Gasteiger partial charge in [-0.25, -0.2) is 4.99 Å². The lowest BCUT2D eigenvalue weighted by Gasteiger charge is -2.32. The number of guanidine groups is 1. The zero-order valence-electron chi connectivity index (χ0n) is 14.9. The zero-order valence-corrected chi connectivity index (χ0v) is 14.9. The average Bonchev–Trinajstić information content (AvgIpc) is 3.30.